The minimum Gasteiger partial charge on any atom is -0.398 e. The Labute approximate surface area is 63.8 Å². The number of nitrogen functional groups attached to an aromatic ring is 1. The van der Waals surface area contributed by atoms with Crippen LogP contribution in [0.25, 0.3) is 0 Å². The van der Waals surface area contributed by atoms with E-state index in [0.717, 1.165) is 0 Å². The van der Waals surface area contributed by atoms with Crippen LogP contribution in [0.1, 0.15) is 11.1 Å². The summed E-state index contributed by atoms with van der Waals surface area (Å²) in [7, 11) is 0. The van der Waals surface area contributed by atoms with Gasteiger partial charge in [-0.15, -0.1) is 0 Å². The zero-order valence-corrected chi connectivity index (χ0v) is 5.63. The average molecular weight is 147 g/mol. The molecule has 0 aliphatic carbocycles. The number of hydrogen-bond acceptors (Lipinski definition) is 3. The molecule has 0 saturated carbocycles. The highest BCUT2D eigenvalue weighted by molar-refractivity contribution is 5.95. The number of nitrogens with two attached hydrogens (primary N) is 1. The van der Waals surface area contributed by atoms with Crippen LogP contribution in [0.3, 0.4) is 0 Å². The first-order chi connectivity index (χ1) is 5.29. The second kappa shape index (κ2) is 2.96. The first-order valence-corrected chi connectivity index (χ1v) is 2.94. The summed E-state index contributed by atoms with van der Waals surface area (Å²) < 4.78 is 0. The molecule has 54 valence electrons. The molecule has 0 atom stereocenters. The standard InChI is InChI=1S/C8H5NO2/c9-8-3-1-2-6(4-10)7(8)5-11/h1-3H,9H2. The number of carbonyl (C=O) groups excluding carboxylic acids is 2. The van der Waals surface area contributed by atoms with E-state index in [9.17, 15) is 9.59 Å². The van der Waals surface area contributed by atoms with E-state index in [1.807, 2.05) is 0 Å². The maximum absolute atomic E-state index is 10.2. The largest absolute Gasteiger partial charge is 0.398 e. The van der Waals surface area contributed by atoms with Gasteiger partial charge in [0.15, 0.2) is 0 Å². The van der Waals surface area contributed by atoms with E-state index >= 15 is 0 Å². The highest BCUT2D eigenvalue weighted by Gasteiger charge is 2.04. The molecule has 1 aromatic rings. The molecular weight excluding hydrogens is 142 g/mol. The van der Waals surface area contributed by atoms with Gasteiger partial charge >= 0.3 is 0 Å². The lowest BCUT2D eigenvalue weighted by molar-refractivity contribution is 0.558. The number of hydrogen-bond donors (Lipinski definition) is 1. The fraction of sp³-hybridized carbons (Fsp3) is 0. The molecule has 0 amide bonds. The summed E-state index contributed by atoms with van der Waals surface area (Å²) in [5.74, 6) is 0. The van der Waals surface area contributed by atoms with Crippen LogP contribution >= 0.6 is 0 Å². The van der Waals surface area contributed by atoms with Crippen molar-refractivity contribution in [3.8, 4) is 0 Å². The van der Waals surface area contributed by atoms with Gasteiger partial charge in [0.1, 0.15) is 0 Å². The maximum Gasteiger partial charge on any atom is 0.236 e. The summed E-state index contributed by atoms with van der Waals surface area (Å²) in [5.41, 5.74) is 5.86. The van der Waals surface area contributed by atoms with Crippen molar-refractivity contribution in [3.63, 3.8) is 0 Å². The summed E-state index contributed by atoms with van der Waals surface area (Å²) in [4.78, 5) is 20.4. The van der Waals surface area contributed by atoms with E-state index in [1.165, 1.54) is 12.1 Å². The van der Waals surface area contributed by atoms with Crippen LogP contribution in [0.5, 0.6) is 0 Å². The minimum absolute atomic E-state index is 0.0856. The summed E-state index contributed by atoms with van der Waals surface area (Å²) in [5, 5.41) is 0. The van der Waals surface area contributed by atoms with Crippen LogP contribution < -0.4 is 5.73 Å². The summed E-state index contributed by atoms with van der Waals surface area (Å²) in [6.45, 7) is 0. The quantitative estimate of drug-likeness (QED) is 0.607. The molecule has 0 spiro atoms. The van der Waals surface area contributed by atoms with E-state index in [4.69, 9.17) is 5.73 Å². The van der Waals surface area contributed by atoms with E-state index in [-0.39, 0.29) is 16.8 Å². The van der Waals surface area contributed by atoms with Crippen molar-refractivity contribution in [2.24, 2.45) is 0 Å². The number of anilines is 1. The first-order valence-electron chi connectivity index (χ1n) is 2.94. The van der Waals surface area contributed by atoms with Gasteiger partial charge in [-0.25, -0.2) is 0 Å². The second-order valence-electron chi connectivity index (χ2n) is 1.97. The summed E-state index contributed by atoms with van der Waals surface area (Å²) in [6, 6.07) is 4.57. The van der Waals surface area contributed by atoms with Gasteiger partial charge in [-0.3, -0.25) is 9.59 Å². The Morgan fingerprint density at radius 2 is 1.91 bits per heavy atom. The third-order valence-corrected chi connectivity index (χ3v) is 1.31. The van der Waals surface area contributed by atoms with Gasteiger partial charge in [0.25, 0.3) is 0 Å². The zero-order chi connectivity index (χ0) is 8.27. The van der Waals surface area contributed by atoms with Crippen LogP contribution in [0.2, 0.25) is 0 Å². The Morgan fingerprint density at radius 3 is 2.36 bits per heavy atom. The Balaban J connectivity index is 3.35. The average Bonchev–Trinajstić information content (AvgIpc) is 2.04. The maximum atomic E-state index is 10.2. The number of rotatable bonds is 2. The van der Waals surface area contributed by atoms with Crippen molar-refractivity contribution in [1.29, 1.82) is 0 Å². The molecule has 3 heteroatoms. The van der Waals surface area contributed by atoms with E-state index in [0.29, 0.717) is 0 Å². The van der Waals surface area contributed by atoms with E-state index < -0.39 is 0 Å². The van der Waals surface area contributed by atoms with Gasteiger partial charge in [-0.05, 0) is 6.07 Å². The van der Waals surface area contributed by atoms with E-state index in [1.54, 1.807) is 18.6 Å². The lowest BCUT2D eigenvalue weighted by Crippen LogP contribution is -1.97. The highest BCUT2D eigenvalue weighted by Crippen LogP contribution is 2.11. The third-order valence-electron chi connectivity index (χ3n) is 1.31. The molecule has 0 aliphatic heterocycles. The van der Waals surface area contributed by atoms with Gasteiger partial charge in [0.05, 0.1) is 5.56 Å². The van der Waals surface area contributed by atoms with Crippen LogP contribution in [-0.2, 0) is 9.59 Å². The van der Waals surface area contributed by atoms with Crippen molar-refractivity contribution in [3.05, 3.63) is 29.3 Å². The lowest BCUT2D eigenvalue weighted by atomic mass is 10.1. The Morgan fingerprint density at radius 1 is 1.18 bits per heavy atom. The lowest BCUT2D eigenvalue weighted by Gasteiger charge is -1.97. The van der Waals surface area contributed by atoms with Gasteiger partial charge in [0, 0.05) is 11.3 Å². The van der Waals surface area contributed by atoms with Crippen molar-refractivity contribution in [2.75, 3.05) is 5.73 Å². The Hall–Kier alpha value is -1.64. The third kappa shape index (κ3) is 1.26. The molecule has 2 radical (unpaired) electrons. The molecule has 0 fully saturated rings. The van der Waals surface area contributed by atoms with Crippen LogP contribution in [0, 0.1) is 0 Å². The second-order valence-corrected chi connectivity index (χ2v) is 1.97. The van der Waals surface area contributed by atoms with Crippen LogP contribution in [0.15, 0.2) is 18.2 Å². The molecule has 0 unspecified atom stereocenters. The van der Waals surface area contributed by atoms with Crippen molar-refractivity contribution >= 4 is 18.3 Å². The Kier molecular flexibility index (Phi) is 2.01. The van der Waals surface area contributed by atoms with Gasteiger partial charge in [-0.1, -0.05) is 12.1 Å². The van der Waals surface area contributed by atoms with Gasteiger partial charge < -0.3 is 5.73 Å². The summed E-state index contributed by atoms with van der Waals surface area (Å²) in [6.07, 6.45) is 3.17. The molecule has 0 saturated heterocycles. The smallest absolute Gasteiger partial charge is 0.236 e. The van der Waals surface area contributed by atoms with Gasteiger partial charge in [-0.2, -0.15) is 0 Å². The monoisotopic (exact) mass is 147 g/mol. The SMILES string of the molecule is Nc1cccc([C]=O)c1[C]=O. The van der Waals surface area contributed by atoms with Crippen molar-refractivity contribution in [1.82, 2.24) is 0 Å². The Bertz CT molecular complexity index is 294. The molecular formula is C8H5NO2. The fourth-order valence-electron chi connectivity index (χ4n) is 0.769. The molecule has 11 heavy (non-hydrogen) atoms. The van der Waals surface area contributed by atoms with Crippen molar-refractivity contribution in [2.45, 2.75) is 0 Å². The molecule has 0 bridgehead atoms. The molecule has 3 nitrogen and oxygen atoms in total. The molecule has 2 N–H and O–H groups in total. The normalized spacial score (nSPS) is 9.09. The molecule has 0 aromatic heterocycles. The van der Waals surface area contributed by atoms with E-state index in [2.05, 4.69) is 0 Å². The molecule has 1 aromatic carbocycles. The molecule has 0 aliphatic rings. The first kappa shape index (κ1) is 7.47. The fourth-order valence-corrected chi connectivity index (χ4v) is 0.769. The topological polar surface area (TPSA) is 60.2 Å². The minimum atomic E-state index is 0.0856. The van der Waals surface area contributed by atoms with Gasteiger partial charge in [0.2, 0.25) is 12.6 Å². The van der Waals surface area contributed by atoms with Crippen molar-refractivity contribution < 1.29 is 9.59 Å². The van der Waals surface area contributed by atoms with Crippen LogP contribution in [-0.4, -0.2) is 12.6 Å². The predicted molar refractivity (Wildman–Crippen MR) is 40.4 cm³/mol. The predicted octanol–water partition coefficient (Wildman–Crippen LogP) is 0.184. The summed E-state index contributed by atoms with van der Waals surface area (Å²) >= 11 is 0. The number of benzene rings is 1. The molecule has 0 heterocycles. The van der Waals surface area contributed by atoms with Crippen LogP contribution in [0.4, 0.5) is 5.69 Å². The highest BCUT2D eigenvalue weighted by atomic mass is 16.1. The zero-order valence-electron chi connectivity index (χ0n) is 5.63. The molecule has 1 rings (SSSR count).